The van der Waals surface area contributed by atoms with Gasteiger partial charge in [0.15, 0.2) is 0 Å². The standard InChI is InChI=1S/C35H39F3N8O3.C6H6O3S/c1-23-31(30-17-18-40-45(30)28-15-9-24(22-39)10-16-28)44(34(49)43(23)29-8-6-7-26(21-29)35(36,37)38)33(48)41-27-13-11-25(12-14-27)32(47)42(2)19-20-46(3,4)5;7-10(8,9)6-4-2-1-3-5-6/h6-10,15-18,21,25,27H,11-14,19-20H2,1-5H3;1-5H,(H,7,8,9). The van der Waals surface area contributed by atoms with E-state index in [1.54, 1.807) is 55.3 Å². The van der Waals surface area contributed by atoms with Gasteiger partial charge in [-0.3, -0.25) is 9.36 Å². The Kier molecular flexibility index (Phi) is 13.3. The van der Waals surface area contributed by atoms with Crippen LogP contribution < -0.4 is 11.0 Å². The third-order valence-corrected chi connectivity index (χ3v) is 10.8. The number of carbonyl (C=O) groups is 2. The van der Waals surface area contributed by atoms with Gasteiger partial charge < -0.3 is 19.3 Å². The largest absolute Gasteiger partial charge is 0.744 e. The molecule has 1 N–H and O–H groups in total. The van der Waals surface area contributed by atoms with Crippen LogP contribution in [0.1, 0.15) is 42.5 Å². The third-order valence-electron chi connectivity index (χ3n) is 9.96. The lowest BCUT2D eigenvalue weighted by atomic mass is 9.85. The second-order valence-corrected chi connectivity index (χ2v) is 16.6. The van der Waals surface area contributed by atoms with Gasteiger partial charge in [-0.2, -0.15) is 23.5 Å². The molecule has 0 saturated heterocycles. The molecule has 1 aliphatic rings. The fraction of sp³-hybridized carbons (Fsp3) is 0.341. The summed E-state index contributed by atoms with van der Waals surface area (Å²) < 4.78 is 76.1. The van der Waals surface area contributed by atoms with E-state index in [2.05, 4.69) is 37.6 Å². The normalized spacial score (nSPS) is 15.7. The van der Waals surface area contributed by atoms with Crippen molar-refractivity contribution in [2.45, 2.75) is 49.7 Å². The van der Waals surface area contributed by atoms with Crippen LogP contribution in [0.5, 0.6) is 0 Å². The number of benzene rings is 3. The van der Waals surface area contributed by atoms with Crippen LogP contribution in [0.4, 0.5) is 18.0 Å². The van der Waals surface area contributed by atoms with E-state index in [1.165, 1.54) is 47.3 Å². The molecule has 14 nitrogen and oxygen atoms in total. The molecular weight excluding hydrogens is 790 g/mol. The van der Waals surface area contributed by atoms with E-state index in [0.29, 0.717) is 49.2 Å². The van der Waals surface area contributed by atoms with Gasteiger partial charge in [0.2, 0.25) is 5.91 Å². The molecule has 3 aromatic carbocycles. The summed E-state index contributed by atoms with van der Waals surface area (Å²) in [5, 5.41) is 16.6. The number of quaternary nitrogens is 1. The van der Waals surface area contributed by atoms with Crippen LogP contribution in [-0.2, 0) is 21.1 Å². The van der Waals surface area contributed by atoms with Crippen LogP contribution in [0.25, 0.3) is 22.8 Å². The number of rotatable bonds is 9. The molecule has 0 radical (unpaired) electrons. The fourth-order valence-corrected chi connectivity index (χ4v) is 7.26. The molecule has 2 aromatic heterocycles. The van der Waals surface area contributed by atoms with Crippen molar-refractivity contribution in [1.82, 2.24) is 29.1 Å². The van der Waals surface area contributed by atoms with Gasteiger partial charge in [0.05, 0.1) is 85.3 Å². The van der Waals surface area contributed by atoms with Gasteiger partial charge in [-0.25, -0.2) is 27.3 Å². The van der Waals surface area contributed by atoms with Gasteiger partial charge in [0, 0.05) is 19.0 Å². The van der Waals surface area contributed by atoms with Gasteiger partial charge in [-0.15, -0.1) is 0 Å². The lowest BCUT2D eigenvalue weighted by Crippen LogP contribution is -2.46. The van der Waals surface area contributed by atoms with E-state index < -0.39 is 33.6 Å². The van der Waals surface area contributed by atoms with Crippen LogP contribution in [0, 0.1) is 24.2 Å². The van der Waals surface area contributed by atoms with Crippen molar-refractivity contribution >= 4 is 22.1 Å². The first-order chi connectivity index (χ1) is 27.7. The van der Waals surface area contributed by atoms with E-state index in [1.807, 2.05) is 0 Å². The Morgan fingerprint density at radius 3 is 2.17 bits per heavy atom. The first kappa shape index (κ1) is 44.1. The molecule has 0 atom stereocenters. The van der Waals surface area contributed by atoms with Crippen LogP contribution in [0.15, 0.2) is 101 Å². The van der Waals surface area contributed by atoms with Crippen molar-refractivity contribution in [1.29, 1.82) is 5.26 Å². The molecule has 1 saturated carbocycles. The number of halogens is 3. The zero-order valence-corrected chi connectivity index (χ0v) is 34.0. The Bertz CT molecular complexity index is 2490. The van der Waals surface area contributed by atoms with E-state index in [9.17, 15) is 45.8 Å². The maximum atomic E-state index is 14.1. The van der Waals surface area contributed by atoms with Gasteiger partial charge in [-0.05, 0) is 93.3 Å². The molecule has 1 fully saturated rings. The number of nitrogens with zero attached hydrogens (tertiary/aromatic N) is 7. The smallest absolute Gasteiger partial charge is 0.416 e. The molecule has 5 aromatic rings. The molecule has 59 heavy (non-hydrogen) atoms. The zero-order valence-electron chi connectivity index (χ0n) is 33.2. The van der Waals surface area contributed by atoms with Crippen LogP contribution in [0.2, 0.25) is 0 Å². The summed E-state index contributed by atoms with van der Waals surface area (Å²) in [5.41, 5.74) is -0.168. The molecular formula is C41H45F3N8O6S. The molecule has 312 valence electrons. The number of hydrogen-bond donors (Lipinski definition) is 1. The minimum Gasteiger partial charge on any atom is -0.744 e. The van der Waals surface area contributed by atoms with E-state index in [-0.39, 0.29) is 39.8 Å². The summed E-state index contributed by atoms with van der Waals surface area (Å²) in [5.74, 6) is -0.100. The highest BCUT2D eigenvalue weighted by atomic mass is 32.2. The van der Waals surface area contributed by atoms with E-state index in [0.717, 1.165) is 32.3 Å². The lowest BCUT2D eigenvalue weighted by molar-refractivity contribution is -0.869. The summed E-state index contributed by atoms with van der Waals surface area (Å²) in [6.07, 6.45) is -0.994. The SMILES string of the molecule is Cc1c(-c2ccnn2-c2ccc(C#N)cc2)n(C(=O)NC2CCC(C(=O)N(C)CC[N+](C)(C)C)CC2)c(=O)n1-c1cccc(C(F)(F)F)c1.O=S(=O)([O-])c1ccccc1. The predicted octanol–water partition coefficient (Wildman–Crippen LogP) is 5.56. The van der Waals surface area contributed by atoms with E-state index in [4.69, 9.17) is 0 Å². The average Bonchev–Trinajstić information content (AvgIpc) is 3.78. The maximum Gasteiger partial charge on any atom is 0.416 e. The minimum atomic E-state index is -4.65. The minimum absolute atomic E-state index is 0.0528. The molecule has 18 heteroatoms. The molecule has 0 aliphatic heterocycles. The molecule has 0 spiro atoms. The zero-order chi connectivity index (χ0) is 43.3. The molecule has 0 bridgehead atoms. The van der Waals surface area contributed by atoms with Crippen molar-refractivity contribution in [3.05, 3.63) is 118 Å². The first-order valence-electron chi connectivity index (χ1n) is 18.6. The average molecular weight is 835 g/mol. The first-order valence-corrected chi connectivity index (χ1v) is 20.0. The quantitative estimate of drug-likeness (QED) is 0.148. The number of hydrogen-bond acceptors (Lipinski definition) is 8. The molecule has 6 rings (SSSR count). The number of nitrogens with one attached hydrogen (secondary N) is 1. The predicted molar refractivity (Wildman–Crippen MR) is 212 cm³/mol. The Morgan fingerprint density at radius 2 is 1.61 bits per heavy atom. The fourth-order valence-electron chi connectivity index (χ4n) is 6.77. The van der Waals surface area contributed by atoms with Gasteiger partial charge in [0.25, 0.3) is 0 Å². The number of carbonyl (C=O) groups excluding carboxylic acids is 2. The second kappa shape index (κ2) is 17.9. The van der Waals surface area contributed by atoms with Crippen molar-refractivity contribution in [3.63, 3.8) is 0 Å². The maximum absolute atomic E-state index is 14.1. The topological polar surface area (TPSA) is 175 Å². The van der Waals surface area contributed by atoms with Crippen molar-refractivity contribution in [2.24, 2.45) is 5.92 Å². The monoisotopic (exact) mass is 834 g/mol. The molecule has 1 aliphatic carbocycles. The summed E-state index contributed by atoms with van der Waals surface area (Å²) in [7, 11) is 3.76. The second-order valence-electron chi connectivity index (χ2n) is 15.3. The number of likely N-dealkylation sites (N-methyl/N-ethyl adjacent to an activating group) is 2. The van der Waals surface area contributed by atoms with Crippen LogP contribution >= 0.6 is 0 Å². The van der Waals surface area contributed by atoms with E-state index >= 15 is 0 Å². The van der Waals surface area contributed by atoms with Gasteiger partial charge in [0.1, 0.15) is 15.8 Å². The Balaban J connectivity index is 0.000000578. The molecule has 2 heterocycles. The Labute approximate surface area is 340 Å². The Morgan fingerprint density at radius 1 is 0.966 bits per heavy atom. The molecule has 0 unspecified atom stereocenters. The highest BCUT2D eigenvalue weighted by Gasteiger charge is 2.34. The summed E-state index contributed by atoms with van der Waals surface area (Å²) in [4.78, 5) is 42.8. The summed E-state index contributed by atoms with van der Waals surface area (Å²) in [6, 6.07) is 20.7. The number of amides is 2. The van der Waals surface area contributed by atoms with Crippen molar-refractivity contribution in [2.75, 3.05) is 41.3 Å². The van der Waals surface area contributed by atoms with Crippen LogP contribution in [-0.4, -0.2) is 101 Å². The third kappa shape index (κ3) is 10.7. The number of aromatic nitrogens is 4. The summed E-state index contributed by atoms with van der Waals surface area (Å²) >= 11 is 0. The highest BCUT2D eigenvalue weighted by Crippen LogP contribution is 2.32. The van der Waals surface area contributed by atoms with Gasteiger partial charge >= 0.3 is 17.9 Å². The lowest BCUT2D eigenvalue weighted by Gasteiger charge is -2.32. The van der Waals surface area contributed by atoms with Crippen molar-refractivity contribution in [3.8, 4) is 28.8 Å². The Hall–Kier alpha value is -6.03. The van der Waals surface area contributed by atoms with Crippen molar-refractivity contribution < 1.29 is 40.2 Å². The number of alkyl halides is 3. The summed E-state index contributed by atoms with van der Waals surface area (Å²) in [6.45, 7) is 3.00. The molecule has 2 amide bonds. The van der Waals surface area contributed by atoms with Gasteiger partial charge in [-0.1, -0.05) is 24.3 Å². The number of nitriles is 1. The van der Waals surface area contributed by atoms with Crippen LogP contribution in [0.3, 0.4) is 0 Å². The highest BCUT2D eigenvalue weighted by molar-refractivity contribution is 7.85. The number of imidazole rings is 1.